The van der Waals surface area contributed by atoms with E-state index < -0.39 is 11.4 Å². The largest absolute Gasteiger partial charge is 0.385 e. The van der Waals surface area contributed by atoms with Crippen molar-refractivity contribution in [3.63, 3.8) is 0 Å². The van der Waals surface area contributed by atoms with Crippen molar-refractivity contribution in [2.45, 2.75) is 18.4 Å². The molecule has 0 heterocycles. The molecule has 0 atom stereocenters. The molecule has 64 valence electrons. The zero-order chi connectivity index (χ0) is 8.77. The summed E-state index contributed by atoms with van der Waals surface area (Å²) in [7, 11) is 0. The number of aliphatic hydroxyl groups is 1. The molecule has 3 heteroatoms. The smallest absolute Gasteiger partial charge is 0.130 e. The molecule has 0 saturated heterocycles. The molecule has 1 aliphatic rings. The molecule has 1 nitrogen and oxygen atoms in total. The maximum absolute atomic E-state index is 13.1. The molecule has 0 radical (unpaired) electrons. The van der Waals surface area contributed by atoms with Crippen molar-refractivity contribution in [2.24, 2.45) is 0 Å². The van der Waals surface area contributed by atoms with Crippen molar-refractivity contribution in [2.75, 3.05) is 0 Å². The predicted molar refractivity (Wildman–Crippen MR) is 44.5 cm³/mol. The fourth-order valence-electron chi connectivity index (χ4n) is 1.25. The number of halogens is 2. The topological polar surface area (TPSA) is 20.2 Å². The van der Waals surface area contributed by atoms with Gasteiger partial charge in [0.05, 0.1) is 5.60 Å². The Kier molecular flexibility index (Phi) is 1.63. The lowest BCUT2D eigenvalue weighted by molar-refractivity contribution is 0.147. The van der Waals surface area contributed by atoms with Gasteiger partial charge in [0.15, 0.2) is 0 Å². The van der Waals surface area contributed by atoms with E-state index >= 15 is 0 Å². The molecule has 1 fully saturated rings. The lowest BCUT2D eigenvalue weighted by Crippen LogP contribution is -2.06. The van der Waals surface area contributed by atoms with Crippen molar-refractivity contribution in [1.29, 1.82) is 0 Å². The van der Waals surface area contributed by atoms with E-state index in [1.54, 1.807) is 12.1 Å². The summed E-state index contributed by atoms with van der Waals surface area (Å²) in [6.45, 7) is 0. The SMILES string of the molecule is OC1(c2ccc(Cl)cc2F)CC1. The highest BCUT2D eigenvalue weighted by Crippen LogP contribution is 2.46. The predicted octanol–water partition coefficient (Wildman–Crippen LogP) is 2.46. The third kappa shape index (κ3) is 1.21. The summed E-state index contributed by atoms with van der Waals surface area (Å²) in [5, 5.41) is 9.95. The Balaban J connectivity index is 2.45. The number of benzene rings is 1. The lowest BCUT2D eigenvalue weighted by atomic mass is 10.1. The summed E-state index contributed by atoms with van der Waals surface area (Å²) in [6.07, 6.45) is 1.29. The van der Waals surface area contributed by atoms with E-state index in [4.69, 9.17) is 11.6 Å². The molecule has 0 aromatic heterocycles. The Bertz CT molecular complexity index is 320. The molecule has 1 aromatic carbocycles. The molecule has 0 spiro atoms. The normalized spacial score (nSPS) is 19.2. The highest BCUT2D eigenvalue weighted by Gasteiger charge is 2.43. The molecule has 1 aliphatic carbocycles. The fourth-order valence-corrected chi connectivity index (χ4v) is 1.41. The van der Waals surface area contributed by atoms with Crippen molar-refractivity contribution in [3.05, 3.63) is 34.6 Å². The van der Waals surface area contributed by atoms with Crippen LogP contribution in [0.4, 0.5) is 4.39 Å². The van der Waals surface area contributed by atoms with Crippen LogP contribution >= 0.6 is 11.6 Å². The first-order valence-corrected chi connectivity index (χ1v) is 4.17. The van der Waals surface area contributed by atoms with Crippen LogP contribution in [-0.2, 0) is 5.60 Å². The van der Waals surface area contributed by atoms with Crippen LogP contribution in [0.3, 0.4) is 0 Å². The second-order valence-electron chi connectivity index (χ2n) is 3.16. The van der Waals surface area contributed by atoms with Gasteiger partial charge in [-0.3, -0.25) is 0 Å². The maximum Gasteiger partial charge on any atom is 0.130 e. The Hall–Kier alpha value is -0.600. The average Bonchev–Trinajstić information content (AvgIpc) is 2.68. The first-order valence-electron chi connectivity index (χ1n) is 3.80. The van der Waals surface area contributed by atoms with E-state index in [9.17, 15) is 9.50 Å². The van der Waals surface area contributed by atoms with Gasteiger partial charge in [0.2, 0.25) is 0 Å². The van der Waals surface area contributed by atoms with Gasteiger partial charge in [0.1, 0.15) is 5.82 Å². The molecule has 1 aromatic rings. The second-order valence-corrected chi connectivity index (χ2v) is 3.59. The Labute approximate surface area is 74.8 Å². The third-order valence-corrected chi connectivity index (χ3v) is 2.39. The molecule has 0 unspecified atom stereocenters. The summed E-state index contributed by atoms with van der Waals surface area (Å²) in [5.41, 5.74) is -0.541. The zero-order valence-corrected chi connectivity index (χ0v) is 7.11. The van der Waals surface area contributed by atoms with Gasteiger partial charge < -0.3 is 5.11 Å². The highest BCUT2D eigenvalue weighted by atomic mass is 35.5. The van der Waals surface area contributed by atoms with Gasteiger partial charge in [-0.2, -0.15) is 0 Å². The Morgan fingerprint density at radius 1 is 1.42 bits per heavy atom. The van der Waals surface area contributed by atoms with Gasteiger partial charge >= 0.3 is 0 Å². The van der Waals surface area contributed by atoms with Gasteiger partial charge in [-0.1, -0.05) is 17.7 Å². The highest BCUT2D eigenvalue weighted by molar-refractivity contribution is 6.30. The van der Waals surface area contributed by atoms with Crippen molar-refractivity contribution in [1.82, 2.24) is 0 Å². The second kappa shape index (κ2) is 2.44. The summed E-state index contributed by atoms with van der Waals surface area (Å²) in [4.78, 5) is 0. The van der Waals surface area contributed by atoms with Crippen LogP contribution in [0.5, 0.6) is 0 Å². The maximum atomic E-state index is 13.1. The lowest BCUT2D eigenvalue weighted by Gasteiger charge is -2.08. The quantitative estimate of drug-likeness (QED) is 0.715. The monoisotopic (exact) mass is 186 g/mol. The Morgan fingerprint density at radius 3 is 2.58 bits per heavy atom. The molecule has 12 heavy (non-hydrogen) atoms. The molecule has 0 aliphatic heterocycles. The molecular formula is C9H8ClFO. The summed E-state index contributed by atoms with van der Waals surface area (Å²) in [5.74, 6) is -0.414. The summed E-state index contributed by atoms with van der Waals surface area (Å²) < 4.78 is 13.1. The van der Waals surface area contributed by atoms with Crippen LogP contribution in [0, 0.1) is 5.82 Å². The summed E-state index contributed by atoms with van der Waals surface area (Å²) >= 11 is 5.57. The van der Waals surface area contributed by atoms with E-state index in [2.05, 4.69) is 0 Å². The van der Waals surface area contributed by atoms with Gasteiger partial charge in [-0.05, 0) is 25.0 Å². The molecule has 1 N–H and O–H groups in total. The van der Waals surface area contributed by atoms with Crippen LogP contribution in [0.1, 0.15) is 18.4 Å². The third-order valence-electron chi connectivity index (χ3n) is 2.16. The first-order chi connectivity index (χ1) is 5.62. The van der Waals surface area contributed by atoms with Gasteiger partial charge in [0.25, 0.3) is 0 Å². The van der Waals surface area contributed by atoms with Gasteiger partial charge in [-0.25, -0.2) is 4.39 Å². The van der Waals surface area contributed by atoms with Crippen LogP contribution in [-0.4, -0.2) is 5.11 Å². The van der Waals surface area contributed by atoms with Crippen molar-refractivity contribution >= 4 is 11.6 Å². The number of hydrogen-bond acceptors (Lipinski definition) is 1. The van der Waals surface area contributed by atoms with Crippen LogP contribution in [0.25, 0.3) is 0 Å². The molecular weight excluding hydrogens is 179 g/mol. The van der Waals surface area contributed by atoms with E-state index in [1.807, 2.05) is 0 Å². The van der Waals surface area contributed by atoms with E-state index in [1.165, 1.54) is 6.07 Å². The standard InChI is InChI=1S/C9H8ClFO/c10-6-1-2-7(8(11)5-6)9(12)3-4-9/h1-2,5,12H,3-4H2. The van der Waals surface area contributed by atoms with E-state index in [0.717, 1.165) is 0 Å². The van der Waals surface area contributed by atoms with Gasteiger partial charge in [0, 0.05) is 10.6 Å². The van der Waals surface area contributed by atoms with Crippen LogP contribution in [0.2, 0.25) is 5.02 Å². The average molecular weight is 187 g/mol. The van der Waals surface area contributed by atoms with E-state index in [0.29, 0.717) is 23.4 Å². The molecule has 0 amide bonds. The summed E-state index contributed by atoms with van der Waals surface area (Å²) in [6, 6.07) is 4.37. The minimum atomic E-state index is -0.908. The number of hydrogen-bond donors (Lipinski definition) is 1. The molecule has 2 rings (SSSR count). The van der Waals surface area contributed by atoms with Crippen molar-refractivity contribution in [3.8, 4) is 0 Å². The fraction of sp³-hybridized carbons (Fsp3) is 0.333. The van der Waals surface area contributed by atoms with Crippen LogP contribution < -0.4 is 0 Å². The molecule has 1 saturated carbocycles. The van der Waals surface area contributed by atoms with Crippen LogP contribution in [0.15, 0.2) is 18.2 Å². The van der Waals surface area contributed by atoms with Crippen molar-refractivity contribution < 1.29 is 9.50 Å². The minimum Gasteiger partial charge on any atom is -0.385 e. The van der Waals surface area contributed by atoms with Gasteiger partial charge in [-0.15, -0.1) is 0 Å². The first kappa shape index (κ1) is 8.02. The minimum absolute atomic E-state index is 0.362. The number of rotatable bonds is 1. The van der Waals surface area contributed by atoms with E-state index in [-0.39, 0.29) is 0 Å². The Morgan fingerprint density at radius 2 is 2.08 bits per heavy atom. The zero-order valence-electron chi connectivity index (χ0n) is 6.35. The molecule has 0 bridgehead atoms.